The van der Waals surface area contributed by atoms with E-state index in [1.165, 1.54) is 37.0 Å². The number of nitrogens with one attached hydrogen (secondary N) is 1. The lowest BCUT2D eigenvalue weighted by atomic mass is 10.1. The molecule has 1 aliphatic rings. The van der Waals surface area contributed by atoms with Crippen LogP contribution in [0.5, 0.6) is 0 Å². The number of aryl methyl sites for hydroxylation is 2. The smallest absolute Gasteiger partial charge is 0.0412 e. The van der Waals surface area contributed by atoms with Gasteiger partial charge in [0.25, 0.3) is 0 Å². The molecule has 2 rings (SSSR count). The van der Waals surface area contributed by atoms with Crippen LogP contribution in [0.1, 0.15) is 59.9 Å². The van der Waals surface area contributed by atoms with E-state index in [4.69, 9.17) is 6.42 Å². The standard InChI is InChI=1S/C16H23NS/c1-3-4-6-10-14(17-2)16-12-13-9-7-5-8-11-15(13)18-16/h1,12,14,17H,4-11H2,2H3. The summed E-state index contributed by atoms with van der Waals surface area (Å²) in [6.07, 6.45) is 15.2. The summed E-state index contributed by atoms with van der Waals surface area (Å²) in [6, 6.07) is 2.94. The highest BCUT2D eigenvalue weighted by Gasteiger charge is 2.17. The summed E-state index contributed by atoms with van der Waals surface area (Å²) in [7, 11) is 2.06. The zero-order valence-electron chi connectivity index (χ0n) is 11.3. The largest absolute Gasteiger partial charge is 0.312 e. The number of terminal acetylenes is 1. The second-order valence-corrected chi connectivity index (χ2v) is 6.26. The van der Waals surface area contributed by atoms with Crippen LogP contribution in [0.25, 0.3) is 0 Å². The third-order valence-corrected chi connectivity index (χ3v) is 5.12. The molecule has 1 N–H and O–H groups in total. The van der Waals surface area contributed by atoms with Crippen molar-refractivity contribution in [3.05, 3.63) is 21.4 Å². The molecule has 0 radical (unpaired) electrons. The van der Waals surface area contributed by atoms with Crippen molar-refractivity contribution in [2.75, 3.05) is 7.05 Å². The summed E-state index contributed by atoms with van der Waals surface area (Å²) in [5.41, 5.74) is 1.62. The molecule has 0 bridgehead atoms. The first-order valence-electron chi connectivity index (χ1n) is 7.07. The first-order chi connectivity index (χ1) is 8.85. The topological polar surface area (TPSA) is 12.0 Å². The van der Waals surface area contributed by atoms with Crippen molar-refractivity contribution in [2.45, 2.75) is 57.4 Å². The van der Waals surface area contributed by atoms with Gasteiger partial charge in [0.2, 0.25) is 0 Å². The van der Waals surface area contributed by atoms with Gasteiger partial charge in [-0.15, -0.1) is 23.7 Å². The molecular weight excluding hydrogens is 238 g/mol. The number of hydrogen-bond donors (Lipinski definition) is 1. The van der Waals surface area contributed by atoms with Gasteiger partial charge in [-0.25, -0.2) is 0 Å². The summed E-state index contributed by atoms with van der Waals surface area (Å²) in [6.45, 7) is 0. The summed E-state index contributed by atoms with van der Waals surface area (Å²) < 4.78 is 0. The van der Waals surface area contributed by atoms with Crippen molar-refractivity contribution >= 4 is 11.3 Å². The molecule has 18 heavy (non-hydrogen) atoms. The first-order valence-corrected chi connectivity index (χ1v) is 7.89. The van der Waals surface area contributed by atoms with Crippen molar-refractivity contribution in [1.29, 1.82) is 0 Å². The molecule has 0 spiro atoms. The van der Waals surface area contributed by atoms with Crippen LogP contribution in [0.2, 0.25) is 0 Å². The molecule has 1 heterocycles. The van der Waals surface area contributed by atoms with Crippen LogP contribution >= 0.6 is 11.3 Å². The van der Waals surface area contributed by atoms with Crippen LogP contribution in [0, 0.1) is 12.3 Å². The van der Waals surface area contributed by atoms with E-state index in [9.17, 15) is 0 Å². The predicted octanol–water partition coefficient (Wildman–Crippen LogP) is 4.08. The first kappa shape index (κ1) is 13.6. The van der Waals surface area contributed by atoms with Crippen molar-refractivity contribution in [3.63, 3.8) is 0 Å². The predicted molar refractivity (Wildman–Crippen MR) is 80.1 cm³/mol. The molecule has 98 valence electrons. The third kappa shape index (κ3) is 3.37. The van der Waals surface area contributed by atoms with Crippen LogP contribution < -0.4 is 5.32 Å². The molecule has 0 saturated carbocycles. The Morgan fingerprint density at radius 2 is 2.22 bits per heavy atom. The Bertz CT molecular complexity index is 390. The molecule has 1 aromatic heterocycles. The number of hydrogen-bond acceptors (Lipinski definition) is 2. The molecular formula is C16H23NS. The zero-order chi connectivity index (χ0) is 12.8. The zero-order valence-corrected chi connectivity index (χ0v) is 12.1. The van der Waals surface area contributed by atoms with E-state index < -0.39 is 0 Å². The van der Waals surface area contributed by atoms with E-state index in [2.05, 4.69) is 24.4 Å². The highest BCUT2D eigenvalue weighted by molar-refractivity contribution is 7.12. The molecule has 0 amide bonds. The molecule has 2 heteroatoms. The van der Waals surface area contributed by atoms with Crippen LogP contribution in [0.3, 0.4) is 0 Å². The van der Waals surface area contributed by atoms with Gasteiger partial charge in [-0.1, -0.05) is 6.42 Å². The summed E-state index contributed by atoms with van der Waals surface area (Å²) in [5, 5.41) is 3.44. The highest BCUT2D eigenvalue weighted by atomic mass is 32.1. The average molecular weight is 261 g/mol. The molecule has 0 aromatic carbocycles. The third-order valence-electron chi connectivity index (χ3n) is 3.77. The quantitative estimate of drug-likeness (QED) is 0.478. The number of unbranched alkanes of at least 4 members (excludes halogenated alkanes) is 1. The van der Waals surface area contributed by atoms with E-state index in [-0.39, 0.29) is 0 Å². The maximum absolute atomic E-state index is 5.32. The molecule has 1 unspecified atom stereocenters. The van der Waals surface area contributed by atoms with Crippen molar-refractivity contribution in [1.82, 2.24) is 5.32 Å². The Labute approximate surface area is 115 Å². The number of thiophene rings is 1. The van der Waals surface area contributed by atoms with Crippen molar-refractivity contribution < 1.29 is 0 Å². The van der Waals surface area contributed by atoms with E-state index in [1.807, 2.05) is 11.3 Å². The molecule has 1 aliphatic carbocycles. The van der Waals surface area contributed by atoms with Crippen LogP contribution in [0.15, 0.2) is 6.07 Å². The molecule has 1 atom stereocenters. The van der Waals surface area contributed by atoms with Gasteiger partial charge >= 0.3 is 0 Å². The lowest BCUT2D eigenvalue weighted by Gasteiger charge is -2.13. The van der Waals surface area contributed by atoms with Crippen molar-refractivity contribution in [3.8, 4) is 12.3 Å². The van der Waals surface area contributed by atoms with Gasteiger partial charge in [0, 0.05) is 22.2 Å². The van der Waals surface area contributed by atoms with Gasteiger partial charge in [0.1, 0.15) is 0 Å². The summed E-state index contributed by atoms with van der Waals surface area (Å²) in [5.74, 6) is 2.73. The average Bonchev–Trinajstić information content (AvgIpc) is 2.66. The second-order valence-electron chi connectivity index (χ2n) is 5.10. The Morgan fingerprint density at radius 3 is 3.00 bits per heavy atom. The fraction of sp³-hybridized carbons (Fsp3) is 0.625. The van der Waals surface area contributed by atoms with E-state index in [0.29, 0.717) is 6.04 Å². The Kier molecular flexibility index (Phi) is 5.28. The minimum absolute atomic E-state index is 0.496. The molecule has 0 aliphatic heterocycles. The minimum Gasteiger partial charge on any atom is -0.312 e. The lowest BCUT2D eigenvalue weighted by molar-refractivity contribution is 0.539. The van der Waals surface area contributed by atoms with Gasteiger partial charge in [0.05, 0.1) is 0 Å². The van der Waals surface area contributed by atoms with Gasteiger partial charge in [-0.3, -0.25) is 0 Å². The Balaban J connectivity index is 2.04. The number of rotatable bonds is 5. The van der Waals surface area contributed by atoms with Crippen LogP contribution in [-0.2, 0) is 12.8 Å². The fourth-order valence-electron chi connectivity index (χ4n) is 2.70. The molecule has 1 aromatic rings. The molecule has 1 nitrogen and oxygen atoms in total. The highest BCUT2D eigenvalue weighted by Crippen LogP contribution is 2.33. The normalized spacial score (nSPS) is 16.7. The van der Waals surface area contributed by atoms with E-state index in [0.717, 1.165) is 19.3 Å². The Morgan fingerprint density at radius 1 is 1.39 bits per heavy atom. The van der Waals surface area contributed by atoms with Gasteiger partial charge < -0.3 is 5.32 Å². The van der Waals surface area contributed by atoms with Gasteiger partial charge in [-0.2, -0.15) is 0 Å². The Hall–Kier alpha value is -0.780. The molecule has 0 saturated heterocycles. The fourth-order valence-corrected chi connectivity index (χ4v) is 4.10. The maximum atomic E-state index is 5.32. The van der Waals surface area contributed by atoms with Gasteiger partial charge in [0.15, 0.2) is 0 Å². The number of fused-ring (bicyclic) bond motifs is 1. The summed E-state index contributed by atoms with van der Waals surface area (Å²) in [4.78, 5) is 3.15. The van der Waals surface area contributed by atoms with Crippen LogP contribution in [-0.4, -0.2) is 7.05 Å². The minimum atomic E-state index is 0.496. The molecule has 0 fully saturated rings. The van der Waals surface area contributed by atoms with E-state index in [1.54, 1.807) is 10.4 Å². The monoisotopic (exact) mass is 261 g/mol. The SMILES string of the molecule is C#CCCCC(NC)c1cc2c(s1)CCCCC2. The van der Waals surface area contributed by atoms with E-state index >= 15 is 0 Å². The second kappa shape index (κ2) is 6.97. The maximum Gasteiger partial charge on any atom is 0.0412 e. The van der Waals surface area contributed by atoms with Gasteiger partial charge in [-0.05, 0) is 57.2 Å². The summed E-state index contributed by atoms with van der Waals surface area (Å²) >= 11 is 2.03. The van der Waals surface area contributed by atoms with Crippen LogP contribution in [0.4, 0.5) is 0 Å². The lowest BCUT2D eigenvalue weighted by Crippen LogP contribution is -2.14. The van der Waals surface area contributed by atoms with Crippen molar-refractivity contribution in [2.24, 2.45) is 0 Å².